The zero-order valence-electron chi connectivity index (χ0n) is 21.0. The van der Waals surface area contributed by atoms with E-state index in [0.717, 1.165) is 12.1 Å². The molecule has 0 aliphatic carbocycles. The van der Waals surface area contributed by atoms with Gasteiger partial charge in [0.25, 0.3) is 5.56 Å². The molecule has 1 aliphatic heterocycles. The summed E-state index contributed by atoms with van der Waals surface area (Å²) in [5.74, 6) is 0.599. The van der Waals surface area contributed by atoms with Gasteiger partial charge in [-0.25, -0.2) is 12.9 Å². The van der Waals surface area contributed by atoms with Crippen LogP contribution in [-0.2, 0) is 16.4 Å². The van der Waals surface area contributed by atoms with E-state index in [1.807, 2.05) is 20.9 Å². The Balaban J connectivity index is 1.90. The second-order valence-electron chi connectivity index (χ2n) is 8.84. The van der Waals surface area contributed by atoms with Crippen LogP contribution in [0.15, 0.2) is 33.0 Å². The van der Waals surface area contributed by atoms with Gasteiger partial charge in [0, 0.05) is 31.7 Å². The highest BCUT2D eigenvalue weighted by Gasteiger charge is 2.29. The number of hydrogen-bond donors (Lipinski definition) is 2. The van der Waals surface area contributed by atoms with Gasteiger partial charge in [0.1, 0.15) is 11.3 Å². The van der Waals surface area contributed by atoms with Crippen LogP contribution in [0.1, 0.15) is 37.1 Å². The summed E-state index contributed by atoms with van der Waals surface area (Å²) in [5, 5.41) is 17.0. The standard InChI is InChI=1S/C24H32N6O5S/c1-5-7-20-19(15-25-32)16(3)22-24(31)26-23(27-30(20)22)18-14-17(8-9-21(18)35-6-2)36(33,34)29-12-10-28(4)11-13-29/h8-9,14-15,32H,5-7,10-13H2,1-4H3,(H,26,27,31). The molecule has 0 spiro atoms. The number of sulfonamides is 1. The Morgan fingerprint density at radius 1 is 1.22 bits per heavy atom. The van der Waals surface area contributed by atoms with Crippen molar-refractivity contribution in [2.24, 2.45) is 5.16 Å². The maximum atomic E-state index is 13.4. The molecule has 36 heavy (non-hydrogen) atoms. The minimum Gasteiger partial charge on any atom is -0.493 e. The first-order chi connectivity index (χ1) is 17.2. The Bertz CT molecular complexity index is 1450. The highest BCUT2D eigenvalue weighted by molar-refractivity contribution is 7.89. The van der Waals surface area contributed by atoms with E-state index in [1.165, 1.54) is 22.7 Å². The maximum absolute atomic E-state index is 13.4. The van der Waals surface area contributed by atoms with Crippen LogP contribution in [0.2, 0.25) is 0 Å². The van der Waals surface area contributed by atoms with E-state index in [-0.39, 0.29) is 16.3 Å². The van der Waals surface area contributed by atoms with Crippen LogP contribution >= 0.6 is 0 Å². The fourth-order valence-corrected chi connectivity index (χ4v) is 6.01. The third-order valence-corrected chi connectivity index (χ3v) is 8.36. The Hall–Kier alpha value is -3.22. The van der Waals surface area contributed by atoms with Crippen molar-refractivity contribution in [2.75, 3.05) is 39.8 Å². The number of likely N-dealkylation sites (N-methyl/N-ethyl adjacent to an activating group) is 1. The minimum atomic E-state index is -3.75. The second-order valence-corrected chi connectivity index (χ2v) is 10.8. The molecular formula is C24H32N6O5S. The van der Waals surface area contributed by atoms with Gasteiger partial charge in [-0.15, -0.1) is 5.10 Å². The average molecular weight is 517 g/mol. The molecule has 0 amide bonds. The number of nitrogens with one attached hydrogen (secondary N) is 1. The Morgan fingerprint density at radius 2 is 1.94 bits per heavy atom. The molecule has 1 aromatic carbocycles. The number of aryl methyl sites for hydroxylation is 2. The number of H-pyrrole nitrogens is 1. The third kappa shape index (κ3) is 4.63. The van der Waals surface area contributed by atoms with E-state index in [9.17, 15) is 13.2 Å². The summed E-state index contributed by atoms with van der Waals surface area (Å²) in [5.41, 5.74) is 2.34. The molecule has 0 unspecified atom stereocenters. The van der Waals surface area contributed by atoms with Crippen molar-refractivity contribution >= 4 is 21.8 Å². The maximum Gasteiger partial charge on any atom is 0.275 e. The van der Waals surface area contributed by atoms with Gasteiger partial charge in [-0.2, -0.15) is 4.31 Å². The second kappa shape index (κ2) is 10.4. The van der Waals surface area contributed by atoms with Crippen LogP contribution in [0.3, 0.4) is 0 Å². The molecular weight excluding hydrogens is 484 g/mol. The van der Waals surface area contributed by atoms with Crippen LogP contribution in [0.25, 0.3) is 16.9 Å². The lowest BCUT2D eigenvalue weighted by Crippen LogP contribution is -2.47. The number of piperazine rings is 1. The van der Waals surface area contributed by atoms with Crippen LogP contribution in [0.4, 0.5) is 0 Å². The van der Waals surface area contributed by atoms with E-state index >= 15 is 0 Å². The molecule has 1 saturated heterocycles. The summed E-state index contributed by atoms with van der Waals surface area (Å²) in [6, 6.07) is 4.63. The minimum absolute atomic E-state index is 0.110. The number of fused-ring (bicyclic) bond motifs is 1. The number of aromatic nitrogens is 3. The molecule has 0 bridgehead atoms. The molecule has 0 atom stereocenters. The quantitative estimate of drug-likeness (QED) is 0.266. The van der Waals surface area contributed by atoms with Crippen LogP contribution in [0.5, 0.6) is 5.75 Å². The van der Waals surface area contributed by atoms with Gasteiger partial charge in [-0.05, 0) is 51.1 Å². The molecule has 3 aromatic rings. The number of rotatable bonds is 8. The summed E-state index contributed by atoms with van der Waals surface area (Å²) >= 11 is 0. The molecule has 12 heteroatoms. The van der Waals surface area contributed by atoms with Crippen LogP contribution < -0.4 is 10.3 Å². The highest BCUT2D eigenvalue weighted by atomic mass is 32.2. The van der Waals surface area contributed by atoms with Gasteiger partial charge in [0.2, 0.25) is 10.0 Å². The molecule has 194 valence electrons. The lowest BCUT2D eigenvalue weighted by Gasteiger charge is -2.31. The van der Waals surface area contributed by atoms with Gasteiger partial charge in [-0.3, -0.25) is 4.79 Å². The molecule has 2 N–H and O–H groups in total. The van der Waals surface area contributed by atoms with Gasteiger partial charge in [0.15, 0.2) is 5.82 Å². The molecule has 1 fully saturated rings. The molecule has 2 aromatic heterocycles. The third-order valence-electron chi connectivity index (χ3n) is 6.46. The Morgan fingerprint density at radius 3 is 2.58 bits per heavy atom. The summed E-state index contributed by atoms with van der Waals surface area (Å²) in [7, 11) is -1.78. The Labute approximate surface area is 210 Å². The molecule has 3 heterocycles. The van der Waals surface area contributed by atoms with Gasteiger partial charge >= 0.3 is 0 Å². The van der Waals surface area contributed by atoms with Crippen molar-refractivity contribution < 1.29 is 18.4 Å². The molecule has 0 saturated carbocycles. The van der Waals surface area contributed by atoms with Crippen molar-refractivity contribution in [3.8, 4) is 17.1 Å². The fraction of sp³-hybridized carbons (Fsp3) is 0.458. The first-order valence-corrected chi connectivity index (χ1v) is 13.4. The number of benzene rings is 1. The van der Waals surface area contributed by atoms with E-state index < -0.39 is 10.0 Å². The SMILES string of the molecule is CCCc1c(C=NO)c(C)c2c(=O)[nH]c(-c3cc(S(=O)(=O)N4CCN(C)CC4)ccc3OCC)nn12. The molecule has 4 rings (SSSR count). The first-order valence-electron chi connectivity index (χ1n) is 12.0. The monoisotopic (exact) mass is 516 g/mol. The topological polar surface area (TPSA) is 133 Å². The highest BCUT2D eigenvalue weighted by Crippen LogP contribution is 2.32. The normalized spacial score (nSPS) is 15.8. The average Bonchev–Trinajstić information content (AvgIpc) is 3.11. The number of aromatic amines is 1. The van der Waals surface area contributed by atoms with Crippen molar-refractivity contribution in [2.45, 2.75) is 38.5 Å². The zero-order valence-corrected chi connectivity index (χ0v) is 21.8. The summed E-state index contributed by atoms with van der Waals surface area (Å²) in [6.07, 6.45) is 2.69. The summed E-state index contributed by atoms with van der Waals surface area (Å²) in [4.78, 5) is 18.2. The Kier molecular flexibility index (Phi) is 7.48. The predicted octanol–water partition coefficient (Wildman–Crippen LogP) is 2.09. The summed E-state index contributed by atoms with van der Waals surface area (Å²) in [6.45, 7) is 8.07. The van der Waals surface area contributed by atoms with E-state index in [1.54, 1.807) is 17.5 Å². The predicted molar refractivity (Wildman–Crippen MR) is 137 cm³/mol. The number of ether oxygens (including phenoxy) is 1. The molecule has 0 radical (unpaired) electrons. The van der Waals surface area contributed by atoms with E-state index in [2.05, 4.69) is 15.0 Å². The van der Waals surface area contributed by atoms with Crippen molar-refractivity contribution in [1.82, 2.24) is 23.8 Å². The smallest absolute Gasteiger partial charge is 0.275 e. The zero-order chi connectivity index (χ0) is 26.0. The van der Waals surface area contributed by atoms with Crippen molar-refractivity contribution in [3.63, 3.8) is 0 Å². The first kappa shape index (κ1) is 25.9. The largest absolute Gasteiger partial charge is 0.493 e. The van der Waals surface area contributed by atoms with Crippen molar-refractivity contribution in [3.05, 3.63) is 45.4 Å². The van der Waals surface area contributed by atoms with Gasteiger partial charge in [-0.1, -0.05) is 18.5 Å². The van der Waals surface area contributed by atoms with Crippen molar-refractivity contribution in [1.29, 1.82) is 0 Å². The van der Waals surface area contributed by atoms with Crippen LogP contribution in [0, 0.1) is 6.92 Å². The van der Waals surface area contributed by atoms with Crippen LogP contribution in [-0.4, -0.2) is 83.5 Å². The van der Waals surface area contributed by atoms with E-state index in [0.29, 0.717) is 67.2 Å². The molecule has 11 nitrogen and oxygen atoms in total. The summed E-state index contributed by atoms with van der Waals surface area (Å²) < 4.78 is 35.6. The molecule has 1 aliphatic rings. The number of hydrogen-bond acceptors (Lipinski definition) is 8. The lowest BCUT2D eigenvalue weighted by molar-refractivity contribution is 0.222. The lowest BCUT2D eigenvalue weighted by atomic mass is 10.1. The van der Waals surface area contributed by atoms with E-state index in [4.69, 9.17) is 15.0 Å². The number of oxime groups is 1. The van der Waals surface area contributed by atoms with Gasteiger partial charge in [0.05, 0.1) is 29.0 Å². The fourth-order valence-electron chi connectivity index (χ4n) is 4.56. The van der Waals surface area contributed by atoms with Gasteiger partial charge < -0.3 is 19.8 Å². The number of nitrogens with zero attached hydrogens (tertiary/aromatic N) is 5.